The molecule has 4 aromatic rings. The van der Waals surface area contributed by atoms with Crippen LogP contribution < -0.4 is 21.5 Å². The lowest BCUT2D eigenvalue weighted by atomic mass is 10.2. The molecule has 0 spiro atoms. The minimum absolute atomic E-state index is 0. The highest BCUT2D eigenvalue weighted by atomic mass is 79.9. The minimum Gasteiger partial charge on any atom is -1.00 e. The number of hydrogen-bond acceptors (Lipinski definition) is 2. The first-order chi connectivity index (χ1) is 11.3. The van der Waals surface area contributed by atoms with Crippen LogP contribution in [0.4, 0.5) is 4.39 Å². The number of hydrogen-bond donors (Lipinski definition) is 0. The van der Waals surface area contributed by atoms with E-state index in [4.69, 9.17) is 4.98 Å². The van der Waals surface area contributed by atoms with E-state index >= 15 is 0 Å². The van der Waals surface area contributed by atoms with Gasteiger partial charge in [0.2, 0.25) is 0 Å². The largest absolute Gasteiger partial charge is 1.00 e. The van der Waals surface area contributed by atoms with Gasteiger partial charge in [-0.25, -0.2) is 13.9 Å². The third-order valence-electron chi connectivity index (χ3n) is 3.65. The Labute approximate surface area is 154 Å². The highest BCUT2D eigenvalue weighted by molar-refractivity contribution is 7.21. The fraction of sp³-hybridized carbons (Fsp3) is 0.0526. The molecule has 0 amide bonds. The summed E-state index contributed by atoms with van der Waals surface area (Å²) in [5, 5.41) is 1.000. The van der Waals surface area contributed by atoms with E-state index in [0.717, 1.165) is 21.7 Å². The topological polar surface area (TPSA) is 16.8 Å². The van der Waals surface area contributed by atoms with E-state index in [1.807, 2.05) is 36.5 Å². The molecule has 0 N–H and O–H groups in total. The quantitative estimate of drug-likeness (QED) is 0.475. The van der Waals surface area contributed by atoms with Crippen LogP contribution >= 0.6 is 11.3 Å². The molecular formula is C19H14BrFN2S. The molecule has 120 valence electrons. The van der Waals surface area contributed by atoms with E-state index in [0.29, 0.717) is 6.54 Å². The van der Waals surface area contributed by atoms with Crippen molar-refractivity contribution in [2.24, 2.45) is 0 Å². The number of fused-ring (bicyclic) bond motifs is 1. The Morgan fingerprint density at radius 2 is 1.88 bits per heavy atom. The van der Waals surface area contributed by atoms with Gasteiger partial charge in [-0.1, -0.05) is 24.3 Å². The number of benzene rings is 2. The van der Waals surface area contributed by atoms with Crippen LogP contribution in [-0.4, -0.2) is 4.98 Å². The first-order valence-corrected chi connectivity index (χ1v) is 8.19. The summed E-state index contributed by atoms with van der Waals surface area (Å²) in [4.78, 5) is 4.69. The molecule has 2 aromatic heterocycles. The van der Waals surface area contributed by atoms with Crippen LogP contribution in [0.2, 0.25) is 0 Å². The number of aromatic nitrogens is 2. The van der Waals surface area contributed by atoms with Crippen molar-refractivity contribution in [3.8, 4) is 10.6 Å². The lowest BCUT2D eigenvalue weighted by Crippen LogP contribution is -3.00. The Hall–Kier alpha value is -2.11. The summed E-state index contributed by atoms with van der Waals surface area (Å²) in [6, 6.07) is 18.9. The molecule has 2 heterocycles. The van der Waals surface area contributed by atoms with Crippen molar-refractivity contribution in [1.82, 2.24) is 4.98 Å². The number of pyridine rings is 1. The number of halogens is 2. The van der Waals surface area contributed by atoms with Gasteiger partial charge in [0.1, 0.15) is 10.8 Å². The fourth-order valence-electron chi connectivity index (χ4n) is 2.59. The molecule has 0 unspecified atom stereocenters. The van der Waals surface area contributed by atoms with E-state index in [2.05, 4.69) is 22.9 Å². The monoisotopic (exact) mass is 400 g/mol. The van der Waals surface area contributed by atoms with Crippen molar-refractivity contribution in [2.45, 2.75) is 6.54 Å². The molecule has 0 bridgehead atoms. The minimum atomic E-state index is -0.203. The van der Waals surface area contributed by atoms with Gasteiger partial charge in [-0.3, -0.25) is 0 Å². The summed E-state index contributed by atoms with van der Waals surface area (Å²) in [5.74, 6) is -0.203. The number of thiazole rings is 1. The standard InChI is InChI=1S/C19H14FN2S.BrH/c20-16-7-3-5-14(11-16)12-22-10-4-6-15(13-22)19-21-17-8-1-2-9-18(17)23-19;/h1-11,13H,12H2;1H/q+1;/p-1. The van der Waals surface area contributed by atoms with E-state index < -0.39 is 0 Å². The highest BCUT2D eigenvalue weighted by Crippen LogP contribution is 2.29. The summed E-state index contributed by atoms with van der Waals surface area (Å²) in [6.07, 6.45) is 4.05. The molecule has 24 heavy (non-hydrogen) atoms. The maximum absolute atomic E-state index is 13.3. The van der Waals surface area contributed by atoms with Gasteiger partial charge in [0.15, 0.2) is 18.9 Å². The highest BCUT2D eigenvalue weighted by Gasteiger charge is 2.10. The molecule has 4 rings (SSSR count). The van der Waals surface area contributed by atoms with Gasteiger partial charge in [0, 0.05) is 11.6 Å². The second-order valence-corrected chi connectivity index (χ2v) is 6.41. The molecule has 0 aliphatic carbocycles. The van der Waals surface area contributed by atoms with E-state index in [1.165, 1.54) is 10.8 Å². The molecule has 0 saturated heterocycles. The molecule has 0 aliphatic heterocycles. The maximum Gasteiger partial charge on any atom is 0.179 e. The van der Waals surface area contributed by atoms with Crippen LogP contribution in [0, 0.1) is 5.82 Å². The molecule has 0 fully saturated rings. The van der Waals surface area contributed by atoms with Gasteiger partial charge >= 0.3 is 0 Å². The normalized spacial score (nSPS) is 10.5. The first-order valence-electron chi connectivity index (χ1n) is 7.37. The molecule has 0 aliphatic rings. The van der Waals surface area contributed by atoms with Crippen molar-refractivity contribution in [2.75, 3.05) is 0 Å². The number of para-hydroxylation sites is 1. The van der Waals surface area contributed by atoms with Crippen molar-refractivity contribution in [3.05, 3.63) is 84.4 Å². The molecule has 0 saturated carbocycles. The molecule has 2 aromatic carbocycles. The number of nitrogens with zero attached hydrogens (tertiary/aromatic N) is 2. The van der Waals surface area contributed by atoms with Gasteiger partial charge in [-0.05, 0) is 30.3 Å². The van der Waals surface area contributed by atoms with Crippen LogP contribution in [-0.2, 0) is 6.54 Å². The van der Waals surface area contributed by atoms with Crippen LogP contribution in [0.25, 0.3) is 20.8 Å². The molecule has 2 nitrogen and oxygen atoms in total. The predicted octanol–water partition coefficient (Wildman–Crippen LogP) is 1.44. The van der Waals surface area contributed by atoms with Crippen LogP contribution in [0.3, 0.4) is 0 Å². The third-order valence-corrected chi connectivity index (χ3v) is 4.74. The van der Waals surface area contributed by atoms with Crippen molar-refractivity contribution < 1.29 is 25.9 Å². The Kier molecular flexibility index (Phi) is 5.02. The smallest absolute Gasteiger partial charge is 0.179 e. The van der Waals surface area contributed by atoms with Crippen LogP contribution in [0.1, 0.15) is 5.56 Å². The van der Waals surface area contributed by atoms with Crippen LogP contribution in [0.15, 0.2) is 73.1 Å². The van der Waals surface area contributed by atoms with Gasteiger partial charge in [0.25, 0.3) is 0 Å². The van der Waals surface area contributed by atoms with Gasteiger partial charge < -0.3 is 17.0 Å². The van der Waals surface area contributed by atoms with E-state index in [-0.39, 0.29) is 22.8 Å². The predicted molar refractivity (Wildman–Crippen MR) is 90.8 cm³/mol. The zero-order chi connectivity index (χ0) is 15.6. The lowest BCUT2D eigenvalue weighted by molar-refractivity contribution is -0.687. The second kappa shape index (κ2) is 7.20. The zero-order valence-corrected chi connectivity index (χ0v) is 15.1. The Morgan fingerprint density at radius 1 is 1.00 bits per heavy atom. The maximum atomic E-state index is 13.3. The molecular weight excluding hydrogens is 387 g/mol. The summed E-state index contributed by atoms with van der Waals surface area (Å²) in [7, 11) is 0. The van der Waals surface area contributed by atoms with Crippen LogP contribution in [0.5, 0.6) is 0 Å². The average Bonchev–Trinajstić information content (AvgIpc) is 2.99. The van der Waals surface area contributed by atoms with E-state index in [1.54, 1.807) is 23.5 Å². The average molecular weight is 401 g/mol. The zero-order valence-electron chi connectivity index (χ0n) is 12.7. The van der Waals surface area contributed by atoms with Gasteiger partial charge in [0.05, 0.1) is 15.8 Å². The Morgan fingerprint density at radius 3 is 2.71 bits per heavy atom. The lowest BCUT2D eigenvalue weighted by Gasteiger charge is -2.00. The molecule has 0 atom stereocenters. The van der Waals surface area contributed by atoms with Crippen molar-refractivity contribution in [3.63, 3.8) is 0 Å². The van der Waals surface area contributed by atoms with Crippen molar-refractivity contribution in [1.29, 1.82) is 0 Å². The second-order valence-electron chi connectivity index (χ2n) is 5.38. The molecule has 5 heteroatoms. The summed E-state index contributed by atoms with van der Waals surface area (Å²) < 4.78 is 16.5. The fourth-order valence-corrected chi connectivity index (χ4v) is 3.54. The molecule has 0 radical (unpaired) electrons. The first kappa shape index (κ1) is 16.7. The Balaban J connectivity index is 0.00000169. The SMILES string of the molecule is Fc1cccc(C[n+]2cccc(-c3nc4ccccc4s3)c2)c1.[Br-]. The number of rotatable bonds is 3. The third kappa shape index (κ3) is 3.52. The van der Waals surface area contributed by atoms with E-state index in [9.17, 15) is 4.39 Å². The summed E-state index contributed by atoms with van der Waals surface area (Å²) >= 11 is 1.68. The van der Waals surface area contributed by atoms with Crippen molar-refractivity contribution >= 4 is 21.6 Å². The van der Waals surface area contributed by atoms with Gasteiger partial charge in [-0.2, -0.15) is 0 Å². The summed E-state index contributed by atoms with van der Waals surface area (Å²) in [6.45, 7) is 0.635. The summed E-state index contributed by atoms with van der Waals surface area (Å²) in [5.41, 5.74) is 3.04. The Bertz CT molecular complexity index is 951. The van der Waals surface area contributed by atoms with Gasteiger partial charge in [-0.15, -0.1) is 11.3 Å².